The van der Waals surface area contributed by atoms with Crippen LogP contribution in [0.2, 0.25) is 0 Å². The van der Waals surface area contributed by atoms with Crippen LogP contribution in [0.5, 0.6) is 0 Å². The van der Waals surface area contributed by atoms with Crippen molar-refractivity contribution in [3.05, 3.63) is 59.0 Å². The fraction of sp³-hybridized carbons (Fsp3) is 0.381. The number of likely N-dealkylation sites (tertiary alicyclic amines) is 1. The van der Waals surface area contributed by atoms with Crippen molar-refractivity contribution in [1.82, 2.24) is 19.4 Å². The second-order valence-electron chi connectivity index (χ2n) is 7.42. The summed E-state index contributed by atoms with van der Waals surface area (Å²) in [4.78, 5) is 24.0. The molecule has 1 aliphatic heterocycles. The number of rotatable bonds is 3. The average molecular weight is 348 g/mol. The normalized spacial score (nSPS) is 17.2. The third-order valence-electron chi connectivity index (χ3n) is 5.23. The third-order valence-corrected chi connectivity index (χ3v) is 5.23. The number of nitrogens with zero attached hydrogens (tertiary/aromatic N) is 4. The van der Waals surface area contributed by atoms with Gasteiger partial charge in [0.1, 0.15) is 11.3 Å². The number of aromatic nitrogens is 3. The third kappa shape index (κ3) is 3.09. The van der Waals surface area contributed by atoms with Gasteiger partial charge >= 0.3 is 0 Å². The van der Waals surface area contributed by atoms with Crippen molar-refractivity contribution in [3.63, 3.8) is 0 Å². The lowest BCUT2D eigenvalue weighted by atomic mass is 10.0. The minimum absolute atomic E-state index is 0.144. The first-order valence-electron chi connectivity index (χ1n) is 9.15. The number of amides is 1. The summed E-state index contributed by atoms with van der Waals surface area (Å²) >= 11 is 0. The van der Waals surface area contributed by atoms with Crippen LogP contribution in [0.15, 0.2) is 36.5 Å². The zero-order valence-electron chi connectivity index (χ0n) is 15.6. The molecule has 1 saturated heterocycles. The van der Waals surface area contributed by atoms with E-state index in [1.807, 2.05) is 50.1 Å². The Morgan fingerprint density at radius 1 is 1.23 bits per heavy atom. The lowest BCUT2D eigenvalue weighted by Crippen LogP contribution is -2.29. The highest BCUT2D eigenvalue weighted by molar-refractivity contribution is 5.94. The van der Waals surface area contributed by atoms with Crippen molar-refractivity contribution >= 4 is 17.1 Å². The highest BCUT2D eigenvalue weighted by Gasteiger charge is 2.28. The van der Waals surface area contributed by atoms with Gasteiger partial charge in [-0.05, 0) is 50.5 Å². The molecule has 0 N–H and O–H groups in total. The second kappa shape index (κ2) is 6.56. The number of imidazole rings is 1. The van der Waals surface area contributed by atoms with E-state index in [2.05, 4.69) is 15.6 Å². The summed E-state index contributed by atoms with van der Waals surface area (Å²) < 4.78 is 2.07. The zero-order chi connectivity index (χ0) is 18.3. The van der Waals surface area contributed by atoms with Gasteiger partial charge in [0.25, 0.3) is 5.91 Å². The smallest absolute Gasteiger partial charge is 0.253 e. The van der Waals surface area contributed by atoms with Crippen molar-refractivity contribution in [2.24, 2.45) is 13.0 Å². The zero-order valence-corrected chi connectivity index (χ0v) is 15.6. The van der Waals surface area contributed by atoms with Gasteiger partial charge in [-0.25, -0.2) is 9.97 Å². The maximum absolute atomic E-state index is 12.9. The molecule has 1 atom stereocenters. The maximum atomic E-state index is 12.9. The molecule has 5 nitrogen and oxygen atoms in total. The van der Waals surface area contributed by atoms with Crippen LogP contribution in [0.3, 0.4) is 0 Å². The van der Waals surface area contributed by atoms with Crippen LogP contribution >= 0.6 is 0 Å². The molecule has 1 fully saturated rings. The van der Waals surface area contributed by atoms with E-state index in [0.29, 0.717) is 5.92 Å². The highest BCUT2D eigenvalue weighted by Crippen LogP contribution is 2.24. The van der Waals surface area contributed by atoms with Gasteiger partial charge in [0.15, 0.2) is 5.65 Å². The minimum atomic E-state index is 0.144. The Kier molecular flexibility index (Phi) is 4.23. The van der Waals surface area contributed by atoms with Crippen molar-refractivity contribution in [2.75, 3.05) is 13.1 Å². The lowest BCUT2D eigenvalue weighted by Gasteiger charge is -2.17. The first kappa shape index (κ1) is 16.8. The second-order valence-corrected chi connectivity index (χ2v) is 7.42. The summed E-state index contributed by atoms with van der Waals surface area (Å²) in [6, 6.07) is 9.98. The molecule has 0 bridgehead atoms. The van der Waals surface area contributed by atoms with E-state index in [9.17, 15) is 4.79 Å². The largest absolute Gasteiger partial charge is 0.338 e. The number of carbonyl (C=O) groups excluding carboxylic acids is 1. The predicted molar refractivity (Wildman–Crippen MR) is 102 cm³/mol. The Morgan fingerprint density at radius 2 is 2.00 bits per heavy atom. The van der Waals surface area contributed by atoms with Crippen molar-refractivity contribution in [1.29, 1.82) is 0 Å². The Morgan fingerprint density at radius 3 is 2.73 bits per heavy atom. The van der Waals surface area contributed by atoms with Crippen LogP contribution in [0.4, 0.5) is 0 Å². The molecule has 134 valence electrons. The first-order chi connectivity index (χ1) is 12.5. The molecule has 1 unspecified atom stereocenters. The van der Waals surface area contributed by atoms with Gasteiger partial charge in [-0.3, -0.25) is 4.79 Å². The van der Waals surface area contributed by atoms with Gasteiger partial charge in [0, 0.05) is 38.3 Å². The number of benzene rings is 1. The van der Waals surface area contributed by atoms with Crippen molar-refractivity contribution in [3.8, 4) is 0 Å². The number of pyridine rings is 1. The summed E-state index contributed by atoms with van der Waals surface area (Å²) in [6.45, 7) is 5.69. The van der Waals surface area contributed by atoms with Crippen LogP contribution < -0.4 is 0 Å². The van der Waals surface area contributed by atoms with Gasteiger partial charge < -0.3 is 9.47 Å². The molecule has 1 aliphatic rings. The molecule has 3 heterocycles. The van der Waals surface area contributed by atoms with Gasteiger partial charge in [-0.2, -0.15) is 0 Å². The molecule has 26 heavy (non-hydrogen) atoms. The molecule has 0 radical (unpaired) electrons. The van der Waals surface area contributed by atoms with Crippen molar-refractivity contribution in [2.45, 2.75) is 26.7 Å². The van der Waals surface area contributed by atoms with E-state index >= 15 is 0 Å². The number of aryl methyl sites for hydroxylation is 3. The van der Waals surface area contributed by atoms with Crippen molar-refractivity contribution < 1.29 is 4.79 Å². The molecule has 1 amide bonds. The summed E-state index contributed by atoms with van der Waals surface area (Å²) in [5, 5.41) is 0. The SMILES string of the molecule is Cc1cc(C)cc(C(=O)N2CCC(Cc3nc4cccnc4n3C)C2)c1. The van der Waals surface area contributed by atoms with E-state index in [1.54, 1.807) is 6.20 Å². The number of carbonyl (C=O) groups is 1. The van der Waals surface area contributed by atoms with Crippen LogP contribution in [0, 0.1) is 19.8 Å². The minimum Gasteiger partial charge on any atom is -0.338 e. The summed E-state index contributed by atoms with van der Waals surface area (Å²) in [5.41, 5.74) is 4.93. The Bertz CT molecular complexity index is 955. The lowest BCUT2D eigenvalue weighted by molar-refractivity contribution is 0.0786. The summed E-state index contributed by atoms with van der Waals surface area (Å²) in [6.07, 6.45) is 3.70. The fourth-order valence-corrected chi connectivity index (χ4v) is 3.98. The summed E-state index contributed by atoms with van der Waals surface area (Å²) in [7, 11) is 2.02. The Hall–Kier alpha value is -2.69. The van der Waals surface area contributed by atoms with E-state index in [-0.39, 0.29) is 5.91 Å². The molecule has 4 rings (SSSR count). The number of hydrogen-bond acceptors (Lipinski definition) is 3. The molecule has 1 aromatic carbocycles. The molecule has 0 saturated carbocycles. The highest BCUT2D eigenvalue weighted by atomic mass is 16.2. The molecular formula is C21H24N4O. The maximum Gasteiger partial charge on any atom is 0.253 e. The van der Waals surface area contributed by atoms with Crippen LogP contribution in [0.1, 0.15) is 33.7 Å². The molecule has 2 aromatic heterocycles. The summed E-state index contributed by atoms with van der Waals surface area (Å²) in [5.74, 6) is 1.63. The quantitative estimate of drug-likeness (QED) is 0.730. The van der Waals surface area contributed by atoms with Gasteiger partial charge in [-0.1, -0.05) is 17.2 Å². The van der Waals surface area contributed by atoms with Crippen LogP contribution in [-0.4, -0.2) is 38.4 Å². The molecule has 0 aliphatic carbocycles. The van der Waals surface area contributed by atoms with E-state index < -0.39 is 0 Å². The Balaban J connectivity index is 1.48. The molecule has 0 spiro atoms. The van der Waals surface area contributed by atoms with Gasteiger partial charge in [0.2, 0.25) is 0 Å². The topological polar surface area (TPSA) is 51.0 Å². The van der Waals surface area contributed by atoms with E-state index in [1.165, 1.54) is 0 Å². The number of hydrogen-bond donors (Lipinski definition) is 0. The van der Waals surface area contributed by atoms with E-state index in [4.69, 9.17) is 4.98 Å². The first-order valence-corrected chi connectivity index (χ1v) is 9.15. The standard InChI is InChI=1S/C21H24N4O/c1-14-9-15(2)11-17(10-14)21(26)25-8-6-16(13-25)12-19-23-18-5-4-7-22-20(18)24(19)3/h4-5,7,9-11,16H,6,8,12-13H2,1-3H3. The van der Waals surface area contributed by atoms with E-state index in [0.717, 1.165) is 59.6 Å². The fourth-order valence-electron chi connectivity index (χ4n) is 3.98. The Labute approximate surface area is 153 Å². The number of fused-ring (bicyclic) bond motifs is 1. The monoisotopic (exact) mass is 348 g/mol. The average Bonchev–Trinajstić information content (AvgIpc) is 3.19. The molecule has 5 heteroatoms. The van der Waals surface area contributed by atoms with Crippen LogP contribution in [-0.2, 0) is 13.5 Å². The molecular weight excluding hydrogens is 324 g/mol. The van der Waals surface area contributed by atoms with Gasteiger partial charge in [-0.15, -0.1) is 0 Å². The van der Waals surface area contributed by atoms with Gasteiger partial charge in [0.05, 0.1) is 0 Å². The molecule has 3 aromatic rings. The predicted octanol–water partition coefficient (Wildman–Crippen LogP) is 3.29. The van der Waals surface area contributed by atoms with Crippen LogP contribution in [0.25, 0.3) is 11.2 Å².